The van der Waals surface area contributed by atoms with Crippen LogP contribution in [0.5, 0.6) is 0 Å². The van der Waals surface area contributed by atoms with E-state index in [1.54, 1.807) is 12.1 Å². The number of amides is 1. The maximum absolute atomic E-state index is 11.0. The van der Waals surface area contributed by atoms with Crippen LogP contribution in [0.25, 0.3) is 0 Å². The average Bonchev–Trinajstić information content (AvgIpc) is 2.46. The van der Waals surface area contributed by atoms with Crippen molar-refractivity contribution >= 4 is 11.6 Å². The normalized spacial score (nSPS) is 11.8. The van der Waals surface area contributed by atoms with Crippen molar-refractivity contribution in [3.8, 4) is 0 Å². The minimum Gasteiger partial charge on any atom is -0.384 e. The second-order valence-electron chi connectivity index (χ2n) is 4.63. The van der Waals surface area contributed by atoms with Gasteiger partial charge in [0.15, 0.2) is 0 Å². The summed E-state index contributed by atoms with van der Waals surface area (Å²) in [4.78, 5) is 11.0. The first-order valence-electron chi connectivity index (χ1n) is 6.35. The molecule has 0 aliphatic carbocycles. The highest BCUT2D eigenvalue weighted by molar-refractivity contribution is 5.93. The van der Waals surface area contributed by atoms with Crippen LogP contribution < -0.4 is 11.1 Å². The van der Waals surface area contributed by atoms with Crippen molar-refractivity contribution in [2.75, 3.05) is 11.9 Å². The lowest BCUT2D eigenvalue weighted by Gasteiger charge is -2.14. The van der Waals surface area contributed by atoms with Crippen molar-refractivity contribution in [1.82, 2.24) is 0 Å². The first-order valence-corrected chi connectivity index (χ1v) is 6.35. The van der Waals surface area contributed by atoms with Gasteiger partial charge in [0.05, 0.1) is 0 Å². The van der Waals surface area contributed by atoms with Crippen LogP contribution in [0.4, 0.5) is 5.69 Å². The largest absolute Gasteiger partial charge is 0.384 e. The van der Waals surface area contributed by atoms with Gasteiger partial charge in [0.25, 0.3) is 0 Å². The summed E-state index contributed by atoms with van der Waals surface area (Å²) >= 11 is 0. The summed E-state index contributed by atoms with van der Waals surface area (Å²) in [6.07, 6.45) is 0. The van der Waals surface area contributed by atoms with Crippen LogP contribution >= 0.6 is 0 Å². The molecule has 1 amide bonds. The topological polar surface area (TPSA) is 55.1 Å². The Morgan fingerprint density at radius 1 is 1.11 bits per heavy atom. The molecule has 0 spiro atoms. The SMILES string of the molecule is CC(CNc1ccc(C(N)=O)cc1)c1ccccc1. The third-order valence-corrected chi connectivity index (χ3v) is 3.15. The minimum absolute atomic E-state index is 0.399. The zero-order valence-corrected chi connectivity index (χ0v) is 11.0. The molecule has 3 N–H and O–H groups in total. The number of carbonyl (C=O) groups is 1. The Labute approximate surface area is 113 Å². The molecule has 0 radical (unpaired) electrons. The van der Waals surface area contributed by atoms with Crippen molar-refractivity contribution in [2.45, 2.75) is 12.8 Å². The lowest BCUT2D eigenvalue weighted by atomic mass is 10.0. The second-order valence-corrected chi connectivity index (χ2v) is 4.63. The van der Waals surface area contributed by atoms with Crippen LogP contribution in [0.15, 0.2) is 54.6 Å². The van der Waals surface area contributed by atoms with Crippen molar-refractivity contribution in [2.24, 2.45) is 5.73 Å². The molecule has 98 valence electrons. The van der Waals surface area contributed by atoms with Crippen LogP contribution in [-0.2, 0) is 0 Å². The lowest BCUT2D eigenvalue weighted by molar-refractivity contribution is 0.100. The maximum atomic E-state index is 11.0. The van der Waals surface area contributed by atoms with E-state index in [-0.39, 0.29) is 0 Å². The molecule has 2 aromatic carbocycles. The molecular formula is C16H18N2O. The van der Waals surface area contributed by atoms with Crippen molar-refractivity contribution in [1.29, 1.82) is 0 Å². The Kier molecular flexibility index (Phi) is 4.18. The van der Waals surface area contributed by atoms with E-state index < -0.39 is 5.91 Å². The fraction of sp³-hybridized carbons (Fsp3) is 0.188. The van der Waals surface area contributed by atoms with Gasteiger partial charge in [0, 0.05) is 17.8 Å². The molecule has 0 bridgehead atoms. The number of rotatable bonds is 5. The molecule has 0 saturated heterocycles. The first-order chi connectivity index (χ1) is 9.16. The van der Waals surface area contributed by atoms with E-state index in [1.807, 2.05) is 30.3 Å². The second kappa shape index (κ2) is 6.05. The fourth-order valence-electron chi connectivity index (χ4n) is 1.92. The van der Waals surface area contributed by atoms with Gasteiger partial charge in [0.2, 0.25) is 5.91 Å². The molecular weight excluding hydrogens is 236 g/mol. The van der Waals surface area contributed by atoms with Gasteiger partial charge in [0.1, 0.15) is 0 Å². The maximum Gasteiger partial charge on any atom is 0.248 e. The highest BCUT2D eigenvalue weighted by Gasteiger charge is 2.05. The summed E-state index contributed by atoms with van der Waals surface area (Å²) < 4.78 is 0. The van der Waals surface area contributed by atoms with Crippen LogP contribution in [0.3, 0.4) is 0 Å². The Hall–Kier alpha value is -2.29. The van der Waals surface area contributed by atoms with Gasteiger partial charge in [-0.25, -0.2) is 0 Å². The van der Waals surface area contributed by atoms with E-state index in [0.717, 1.165) is 12.2 Å². The number of carbonyl (C=O) groups excluding carboxylic acids is 1. The zero-order valence-electron chi connectivity index (χ0n) is 11.0. The molecule has 0 aliphatic heterocycles. The molecule has 1 atom stereocenters. The predicted molar refractivity (Wildman–Crippen MR) is 78.3 cm³/mol. The molecule has 0 aliphatic rings. The zero-order chi connectivity index (χ0) is 13.7. The number of primary amides is 1. The monoisotopic (exact) mass is 254 g/mol. The first kappa shape index (κ1) is 13.1. The van der Waals surface area contributed by atoms with Gasteiger partial charge in [-0.2, -0.15) is 0 Å². The minimum atomic E-state index is -0.399. The third-order valence-electron chi connectivity index (χ3n) is 3.15. The van der Waals surface area contributed by atoms with Gasteiger partial charge in [-0.1, -0.05) is 37.3 Å². The van der Waals surface area contributed by atoms with E-state index in [1.165, 1.54) is 5.56 Å². The van der Waals surface area contributed by atoms with Gasteiger partial charge in [-0.05, 0) is 35.7 Å². The number of hydrogen-bond donors (Lipinski definition) is 2. The molecule has 3 heteroatoms. The van der Waals surface area contributed by atoms with Crippen molar-refractivity contribution < 1.29 is 4.79 Å². The average molecular weight is 254 g/mol. The van der Waals surface area contributed by atoms with E-state index >= 15 is 0 Å². The number of hydrogen-bond acceptors (Lipinski definition) is 2. The van der Waals surface area contributed by atoms with E-state index in [4.69, 9.17) is 5.73 Å². The standard InChI is InChI=1S/C16H18N2O/c1-12(13-5-3-2-4-6-13)11-18-15-9-7-14(8-10-15)16(17)19/h2-10,12,18H,11H2,1H3,(H2,17,19). The Balaban J connectivity index is 1.93. The molecule has 3 nitrogen and oxygen atoms in total. The highest BCUT2D eigenvalue weighted by atomic mass is 16.1. The fourth-order valence-corrected chi connectivity index (χ4v) is 1.92. The molecule has 2 aromatic rings. The molecule has 2 rings (SSSR count). The van der Waals surface area contributed by atoms with E-state index in [2.05, 4.69) is 24.4 Å². The molecule has 1 unspecified atom stereocenters. The molecule has 0 aromatic heterocycles. The van der Waals surface area contributed by atoms with Gasteiger partial charge < -0.3 is 11.1 Å². The Morgan fingerprint density at radius 2 is 1.74 bits per heavy atom. The predicted octanol–water partition coefficient (Wildman–Crippen LogP) is 3.00. The van der Waals surface area contributed by atoms with Crippen LogP contribution in [-0.4, -0.2) is 12.5 Å². The summed E-state index contributed by atoms with van der Waals surface area (Å²) in [6.45, 7) is 3.03. The summed E-state index contributed by atoms with van der Waals surface area (Å²) in [5.41, 5.74) is 8.03. The summed E-state index contributed by atoms with van der Waals surface area (Å²) in [5.74, 6) is 0.0289. The molecule has 0 saturated carbocycles. The Morgan fingerprint density at radius 3 is 2.32 bits per heavy atom. The number of nitrogens with two attached hydrogens (primary N) is 1. The van der Waals surface area contributed by atoms with Gasteiger partial charge in [-0.3, -0.25) is 4.79 Å². The smallest absolute Gasteiger partial charge is 0.248 e. The van der Waals surface area contributed by atoms with Crippen LogP contribution in [0, 0.1) is 0 Å². The summed E-state index contributed by atoms with van der Waals surface area (Å²) in [6, 6.07) is 17.6. The van der Waals surface area contributed by atoms with Gasteiger partial charge >= 0.3 is 0 Å². The lowest BCUT2D eigenvalue weighted by Crippen LogP contribution is -2.12. The molecule has 0 heterocycles. The van der Waals surface area contributed by atoms with Gasteiger partial charge in [-0.15, -0.1) is 0 Å². The molecule has 19 heavy (non-hydrogen) atoms. The third kappa shape index (κ3) is 3.58. The van der Waals surface area contributed by atoms with Crippen molar-refractivity contribution in [3.05, 3.63) is 65.7 Å². The molecule has 0 fully saturated rings. The number of nitrogens with one attached hydrogen (secondary N) is 1. The number of benzene rings is 2. The van der Waals surface area contributed by atoms with E-state index in [0.29, 0.717) is 11.5 Å². The van der Waals surface area contributed by atoms with Crippen LogP contribution in [0.2, 0.25) is 0 Å². The van der Waals surface area contributed by atoms with Crippen LogP contribution in [0.1, 0.15) is 28.8 Å². The van der Waals surface area contributed by atoms with E-state index in [9.17, 15) is 4.79 Å². The number of anilines is 1. The Bertz CT molecular complexity index is 534. The highest BCUT2D eigenvalue weighted by Crippen LogP contribution is 2.16. The van der Waals surface area contributed by atoms with Crippen molar-refractivity contribution in [3.63, 3.8) is 0 Å². The summed E-state index contributed by atoms with van der Waals surface area (Å²) in [5, 5.41) is 3.36. The summed E-state index contributed by atoms with van der Waals surface area (Å²) in [7, 11) is 0. The quantitative estimate of drug-likeness (QED) is 0.861.